The molecule has 10 nitrogen and oxygen atoms in total. The molecule has 0 radical (unpaired) electrons. The van der Waals surface area contributed by atoms with Crippen molar-refractivity contribution in [3.05, 3.63) is 28.3 Å². The molecule has 0 fully saturated rings. The number of benzene rings is 1. The summed E-state index contributed by atoms with van der Waals surface area (Å²) in [7, 11) is 4.39. The van der Waals surface area contributed by atoms with Gasteiger partial charge in [-0.2, -0.15) is 4.98 Å². The summed E-state index contributed by atoms with van der Waals surface area (Å²) in [4.78, 5) is 30.7. The van der Waals surface area contributed by atoms with Gasteiger partial charge in [0.1, 0.15) is 0 Å². The molecule has 0 saturated heterocycles. The third kappa shape index (κ3) is 4.09. The summed E-state index contributed by atoms with van der Waals surface area (Å²) < 4.78 is 17.4. The van der Waals surface area contributed by atoms with Crippen molar-refractivity contribution in [2.24, 2.45) is 0 Å². The number of anilines is 1. The van der Waals surface area contributed by atoms with Crippen molar-refractivity contribution in [1.29, 1.82) is 0 Å². The van der Waals surface area contributed by atoms with Gasteiger partial charge in [-0.3, -0.25) is 14.9 Å². The second-order valence-electron chi connectivity index (χ2n) is 6.02. The zero-order valence-corrected chi connectivity index (χ0v) is 17.5. The monoisotopic (exact) mass is 419 g/mol. The molecule has 0 aliphatic rings. The topological polar surface area (TPSA) is 116 Å². The predicted octanol–water partition coefficient (Wildman–Crippen LogP) is 1.80. The average Bonchev–Trinajstić information content (AvgIpc) is 3.22. The van der Waals surface area contributed by atoms with E-state index in [0.717, 1.165) is 10.6 Å². The molecule has 0 atom stereocenters. The molecule has 29 heavy (non-hydrogen) atoms. The molecule has 2 amide bonds. The van der Waals surface area contributed by atoms with Crippen molar-refractivity contribution >= 4 is 34.1 Å². The number of carbonyl (C=O) groups excluding carboxylic acids is 2. The number of hydrogen-bond donors (Lipinski definition) is 2. The second-order valence-corrected chi connectivity index (χ2v) is 7.20. The minimum Gasteiger partial charge on any atom is -0.493 e. The van der Waals surface area contributed by atoms with Crippen LogP contribution in [0.2, 0.25) is 0 Å². The van der Waals surface area contributed by atoms with Crippen LogP contribution in [0.5, 0.6) is 17.2 Å². The number of aryl methyl sites for hydroxylation is 2. The zero-order valence-electron chi connectivity index (χ0n) is 16.7. The first-order chi connectivity index (χ1) is 13.9. The van der Waals surface area contributed by atoms with Gasteiger partial charge in [-0.05, 0) is 26.0 Å². The molecule has 11 heteroatoms. The van der Waals surface area contributed by atoms with Gasteiger partial charge in [0.25, 0.3) is 5.91 Å². The van der Waals surface area contributed by atoms with E-state index in [1.54, 1.807) is 4.52 Å². The predicted molar refractivity (Wildman–Crippen MR) is 107 cm³/mol. The number of nitrogens with one attached hydrogen (secondary N) is 2. The summed E-state index contributed by atoms with van der Waals surface area (Å²) in [6, 6.07) is 3.01. The molecule has 3 rings (SSSR count). The number of hydrogen-bond acceptors (Lipinski definition) is 8. The van der Waals surface area contributed by atoms with Crippen molar-refractivity contribution in [3.63, 3.8) is 0 Å². The van der Waals surface area contributed by atoms with E-state index < -0.39 is 11.8 Å². The lowest BCUT2D eigenvalue weighted by Gasteiger charge is -2.14. The van der Waals surface area contributed by atoms with E-state index in [2.05, 4.69) is 20.7 Å². The Morgan fingerprint density at radius 1 is 1.10 bits per heavy atom. The van der Waals surface area contributed by atoms with Crippen LogP contribution in [0, 0.1) is 13.8 Å². The van der Waals surface area contributed by atoms with E-state index in [0.29, 0.717) is 22.2 Å². The van der Waals surface area contributed by atoms with Gasteiger partial charge < -0.3 is 19.5 Å². The van der Waals surface area contributed by atoms with E-state index >= 15 is 0 Å². The summed E-state index contributed by atoms with van der Waals surface area (Å²) in [6.07, 6.45) is 0. The molecular weight excluding hydrogens is 398 g/mol. The van der Waals surface area contributed by atoms with Crippen LogP contribution in [0.25, 0.3) is 4.96 Å². The van der Waals surface area contributed by atoms with Crippen LogP contribution in [0.1, 0.15) is 20.9 Å². The fraction of sp³-hybridized carbons (Fsp3) is 0.333. The lowest BCUT2D eigenvalue weighted by atomic mass is 10.1. The van der Waals surface area contributed by atoms with Gasteiger partial charge in [-0.25, -0.2) is 4.52 Å². The molecule has 0 saturated carbocycles. The molecule has 154 valence electrons. The Morgan fingerprint density at radius 3 is 2.31 bits per heavy atom. The van der Waals surface area contributed by atoms with Gasteiger partial charge in [-0.15, -0.1) is 5.10 Å². The highest BCUT2D eigenvalue weighted by molar-refractivity contribution is 7.17. The molecule has 1 aromatic carbocycles. The Kier molecular flexibility index (Phi) is 5.87. The summed E-state index contributed by atoms with van der Waals surface area (Å²) in [5, 5.41) is 9.37. The van der Waals surface area contributed by atoms with Gasteiger partial charge in [0.05, 0.1) is 33.6 Å². The summed E-state index contributed by atoms with van der Waals surface area (Å²) in [6.45, 7) is 3.66. The second kappa shape index (κ2) is 8.35. The number of nitrogens with zero attached hydrogens (tertiary/aromatic N) is 3. The van der Waals surface area contributed by atoms with Crippen molar-refractivity contribution in [1.82, 2.24) is 19.9 Å². The van der Waals surface area contributed by atoms with Crippen LogP contribution in [0.4, 0.5) is 5.95 Å². The third-order valence-electron chi connectivity index (χ3n) is 4.24. The van der Waals surface area contributed by atoms with Gasteiger partial charge in [0.15, 0.2) is 11.5 Å². The van der Waals surface area contributed by atoms with Crippen LogP contribution in [-0.4, -0.2) is 54.3 Å². The van der Waals surface area contributed by atoms with Gasteiger partial charge in [0.2, 0.25) is 22.6 Å². The molecule has 0 unspecified atom stereocenters. The maximum absolute atomic E-state index is 12.4. The van der Waals surface area contributed by atoms with Crippen LogP contribution >= 0.6 is 11.3 Å². The molecule has 2 aromatic heterocycles. The number of carbonyl (C=O) groups is 2. The Balaban J connectivity index is 1.65. The summed E-state index contributed by atoms with van der Waals surface area (Å²) in [5.41, 5.74) is 1.23. The molecule has 3 aromatic rings. The normalized spacial score (nSPS) is 10.7. The number of thiazole rings is 1. The maximum Gasteiger partial charge on any atom is 0.251 e. The van der Waals surface area contributed by atoms with E-state index in [9.17, 15) is 9.59 Å². The quantitative estimate of drug-likeness (QED) is 0.600. The lowest BCUT2D eigenvalue weighted by molar-refractivity contribution is -0.115. The Hall–Kier alpha value is -3.34. The van der Waals surface area contributed by atoms with Gasteiger partial charge >= 0.3 is 0 Å². The lowest BCUT2D eigenvalue weighted by Crippen LogP contribution is -2.33. The SMILES string of the molecule is COc1cc(C(=O)NCC(=O)Nc2nc3sc(C)c(C)n3n2)cc(OC)c1OC. The minimum absolute atomic E-state index is 0.186. The van der Waals surface area contributed by atoms with Crippen molar-refractivity contribution < 1.29 is 23.8 Å². The van der Waals surface area contributed by atoms with Gasteiger partial charge in [0, 0.05) is 10.4 Å². The Bertz CT molecular complexity index is 1050. The highest BCUT2D eigenvalue weighted by atomic mass is 32.1. The standard InChI is InChI=1S/C18H21N5O5S/c1-9-10(2)29-18-21-17(22-23(9)18)20-14(24)8-19-16(25)11-6-12(26-3)15(28-5)13(7-11)27-4/h6-7H,8H2,1-5H3,(H,19,25)(H,20,22,24). The number of fused-ring (bicyclic) bond motifs is 1. The number of rotatable bonds is 7. The largest absolute Gasteiger partial charge is 0.493 e. The average molecular weight is 419 g/mol. The molecule has 0 spiro atoms. The van der Waals surface area contributed by atoms with E-state index in [1.165, 1.54) is 44.8 Å². The van der Waals surface area contributed by atoms with Crippen LogP contribution < -0.4 is 24.8 Å². The smallest absolute Gasteiger partial charge is 0.251 e. The molecule has 2 heterocycles. The van der Waals surface area contributed by atoms with E-state index in [-0.39, 0.29) is 18.1 Å². The van der Waals surface area contributed by atoms with Gasteiger partial charge in [-0.1, -0.05) is 11.3 Å². The van der Waals surface area contributed by atoms with Crippen molar-refractivity contribution in [2.75, 3.05) is 33.2 Å². The molecule has 0 bridgehead atoms. The first-order valence-corrected chi connectivity index (χ1v) is 9.40. The van der Waals surface area contributed by atoms with Crippen molar-refractivity contribution in [3.8, 4) is 17.2 Å². The number of ether oxygens (including phenoxy) is 3. The van der Waals surface area contributed by atoms with E-state index in [1.807, 2.05) is 13.8 Å². The minimum atomic E-state index is -0.468. The first kappa shape index (κ1) is 20.4. The summed E-state index contributed by atoms with van der Waals surface area (Å²) in [5.74, 6) is 0.332. The zero-order chi connectivity index (χ0) is 21.1. The Labute approximate surface area is 170 Å². The fourth-order valence-electron chi connectivity index (χ4n) is 2.64. The maximum atomic E-state index is 12.4. The van der Waals surface area contributed by atoms with Crippen molar-refractivity contribution in [2.45, 2.75) is 13.8 Å². The highest BCUT2D eigenvalue weighted by Crippen LogP contribution is 2.38. The fourth-order valence-corrected chi connectivity index (χ4v) is 3.54. The van der Waals surface area contributed by atoms with Crippen LogP contribution in [0.15, 0.2) is 12.1 Å². The van der Waals surface area contributed by atoms with Crippen LogP contribution in [-0.2, 0) is 4.79 Å². The first-order valence-electron chi connectivity index (χ1n) is 8.58. The summed E-state index contributed by atoms with van der Waals surface area (Å²) >= 11 is 1.49. The third-order valence-corrected chi connectivity index (χ3v) is 5.29. The number of amides is 2. The molecule has 2 N–H and O–H groups in total. The number of methoxy groups -OCH3 is 3. The molecular formula is C18H21N5O5S. The van der Waals surface area contributed by atoms with E-state index in [4.69, 9.17) is 14.2 Å². The molecule has 0 aliphatic heterocycles. The highest BCUT2D eigenvalue weighted by Gasteiger charge is 2.18. The number of aromatic nitrogens is 3. The van der Waals surface area contributed by atoms with Crippen LogP contribution in [0.3, 0.4) is 0 Å². The Morgan fingerprint density at radius 2 is 1.76 bits per heavy atom. The molecule has 0 aliphatic carbocycles.